The van der Waals surface area contributed by atoms with Gasteiger partial charge in [0.1, 0.15) is 0 Å². The van der Waals surface area contributed by atoms with Gasteiger partial charge in [-0.3, -0.25) is 0 Å². The van der Waals surface area contributed by atoms with Gasteiger partial charge in [0.25, 0.3) is 0 Å². The summed E-state index contributed by atoms with van der Waals surface area (Å²) >= 11 is 2.07. The van der Waals surface area contributed by atoms with Crippen molar-refractivity contribution in [2.75, 3.05) is 18.1 Å². The van der Waals surface area contributed by atoms with E-state index in [0.717, 1.165) is 19.8 Å². The molecule has 1 aliphatic rings. The van der Waals surface area contributed by atoms with Gasteiger partial charge in [0, 0.05) is 24.9 Å². The highest BCUT2D eigenvalue weighted by Gasteiger charge is 2.13. The van der Waals surface area contributed by atoms with Crippen LogP contribution in [-0.4, -0.2) is 24.2 Å². The van der Waals surface area contributed by atoms with Crippen molar-refractivity contribution in [1.82, 2.24) is 5.32 Å². The lowest BCUT2D eigenvalue weighted by Gasteiger charge is -2.23. The van der Waals surface area contributed by atoms with Gasteiger partial charge in [0.05, 0.1) is 6.61 Å². The van der Waals surface area contributed by atoms with Crippen molar-refractivity contribution < 1.29 is 4.74 Å². The second-order valence-electron chi connectivity index (χ2n) is 4.70. The number of nitrogens with one attached hydrogen (secondary N) is 1. The lowest BCUT2D eigenvalue weighted by molar-refractivity contribution is 0.133. The molecule has 0 amide bonds. The summed E-state index contributed by atoms with van der Waals surface area (Å²) in [5.74, 6) is 2.59. The van der Waals surface area contributed by atoms with Crippen LogP contribution in [0.15, 0.2) is 24.3 Å². The average molecular weight is 265 g/mol. The fourth-order valence-electron chi connectivity index (χ4n) is 2.24. The quantitative estimate of drug-likeness (QED) is 0.853. The summed E-state index contributed by atoms with van der Waals surface area (Å²) in [6.45, 7) is 4.52. The first-order valence-electron chi connectivity index (χ1n) is 6.85. The van der Waals surface area contributed by atoms with Crippen molar-refractivity contribution in [3.05, 3.63) is 35.4 Å². The molecule has 18 heavy (non-hydrogen) atoms. The molecule has 100 valence electrons. The van der Waals surface area contributed by atoms with Gasteiger partial charge in [-0.1, -0.05) is 24.3 Å². The second kappa shape index (κ2) is 7.82. The third-order valence-corrected chi connectivity index (χ3v) is 4.54. The van der Waals surface area contributed by atoms with Crippen molar-refractivity contribution in [2.24, 2.45) is 0 Å². The van der Waals surface area contributed by atoms with E-state index < -0.39 is 0 Å². The molecule has 0 aromatic heterocycles. The van der Waals surface area contributed by atoms with Crippen LogP contribution in [0.1, 0.15) is 30.9 Å². The largest absolute Gasteiger partial charge is 0.377 e. The molecule has 1 N–H and O–H groups in total. The van der Waals surface area contributed by atoms with Crippen LogP contribution in [-0.2, 0) is 17.9 Å². The first-order chi connectivity index (χ1) is 8.90. The monoisotopic (exact) mass is 265 g/mol. The molecule has 1 saturated heterocycles. The third kappa shape index (κ3) is 4.30. The molecule has 1 heterocycles. The zero-order valence-corrected chi connectivity index (χ0v) is 12.0. The molecule has 3 heteroatoms. The van der Waals surface area contributed by atoms with E-state index in [1.165, 1.54) is 35.5 Å². The van der Waals surface area contributed by atoms with Crippen LogP contribution in [0.5, 0.6) is 0 Å². The molecule has 0 radical (unpaired) electrons. The molecular formula is C15H23NOS. The van der Waals surface area contributed by atoms with E-state index in [4.69, 9.17) is 4.74 Å². The van der Waals surface area contributed by atoms with E-state index in [2.05, 4.69) is 41.3 Å². The Bertz CT molecular complexity index is 350. The van der Waals surface area contributed by atoms with Crippen molar-refractivity contribution in [2.45, 2.75) is 39.0 Å². The SMILES string of the molecule is CCOCc1ccccc1CNC1CCCSC1. The maximum absolute atomic E-state index is 5.52. The first kappa shape index (κ1) is 13.9. The van der Waals surface area contributed by atoms with Crippen LogP contribution >= 0.6 is 11.8 Å². The fraction of sp³-hybridized carbons (Fsp3) is 0.600. The maximum Gasteiger partial charge on any atom is 0.0719 e. The first-order valence-corrected chi connectivity index (χ1v) is 8.01. The predicted octanol–water partition coefficient (Wildman–Crippen LogP) is 3.21. The molecule has 1 unspecified atom stereocenters. The highest BCUT2D eigenvalue weighted by atomic mass is 32.2. The topological polar surface area (TPSA) is 21.3 Å². The van der Waals surface area contributed by atoms with Crippen molar-refractivity contribution in [3.63, 3.8) is 0 Å². The minimum absolute atomic E-state index is 0.684. The van der Waals surface area contributed by atoms with Crippen LogP contribution in [0.25, 0.3) is 0 Å². The van der Waals surface area contributed by atoms with Crippen LogP contribution in [0.2, 0.25) is 0 Å². The number of benzene rings is 1. The van der Waals surface area contributed by atoms with E-state index >= 15 is 0 Å². The summed E-state index contributed by atoms with van der Waals surface area (Å²) in [6.07, 6.45) is 2.67. The Kier molecular flexibility index (Phi) is 6.05. The average Bonchev–Trinajstić information content (AvgIpc) is 2.45. The van der Waals surface area contributed by atoms with Gasteiger partial charge < -0.3 is 10.1 Å². The highest BCUT2D eigenvalue weighted by Crippen LogP contribution is 2.18. The Balaban J connectivity index is 1.87. The molecule has 1 atom stereocenters. The second-order valence-corrected chi connectivity index (χ2v) is 5.85. The Morgan fingerprint density at radius 3 is 2.89 bits per heavy atom. The van der Waals surface area contributed by atoms with Gasteiger partial charge >= 0.3 is 0 Å². The lowest BCUT2D eigenvalue weighted by Crippen LogP contribution is -2.33. The summed E-state index contributed by atoms with van der Waals surface area (Å²) in [4.78, 5) is 0. The number of hydrogen-bond acceptors (Lipinski definition) is 3. The number of ether oxygens (including phenoxy) is 1. The molecule has 0 bridgehead atoms. The van der Waals surface area contributed by atoms with Gasteiger partial charge in [-0.15, -0.1) is 0 Å². The smallest absolute Gasteiger partial charge is 0.0719 e. The van der Waals surface area contributed by atoms with Crippen molar-refractivity contribution in [1.29, 1.82) is 0 Å². The van der Waals surface area contributed by atoms with Crippen LogP contribution in [0, 0.1) is 0 Å². The molecule has 1 aliphatic heterocycles. The minimum Gasteiger partial charge on any atom is -0.377 e. The predicted molar refractivity (Wildman–Crippen MR) is 79.0 cm³/mol. The number of thioether (sulfide) groups is 1. The van der Waals surface area contributed by atoms with Gasteiger partial charge in [-0.05, 0) is 36.6 Å². The third-order valence-electron chi connectivity index (χ3n) is 3.32. The summed E-state index contributed by atoms with van der Waals surface area (Å²) in [5.41, 5.74) is 2.69. The molecule has 1 aromatic rings. The molecule has 2 nitrogen and oxygen atoms in total. The molecule has 2 rings (SSSR count). The minimum atomic E-state index is 0.684. The van der Waals surface area contributed by atoms with Crippen LogP contribution < -0.4 is 5.32 Å². The molecule has 1 fully saturated rings. The van der Waals surface area contributed by atoms with E-state index in [1.54, 1.807) is 0 Å². The molecule has 0 spiro atoms. The molecule has 0 aliphatic carbocycles. The standard InChI is InChI=1S/C15H23NOS/c1-2-17-11-14-7-4-3-6-13(14)10-16-15-8-5-9-18-12-15/h3-4,6-7,15-16H,2,5,8-12H2,1H3. The lowest BCUT2D eigenvalue weighted by atomic mass is 10.1. The zero-order valence-electron chi connectivity index (χ0n) is 11.2. The normalized spacial score (nSPS) is 19.9. The van der Waals surface area contributed by atoms with Gasteiger partial charge in [-0.25, -0.2) is 0 Å². The maximum atomic E-state index is 5.52. The summed E-state index contributed by atoms with van der Waals surface area (Å²) in [7, 11) is 0. The van der Waals surface area contributed by atoms with E-state index in [-0.39, 0.29) is 0 Å². The molecule has 0 saturated carbocycles. The number of hydrogen-bond donors (Lipinski definition) is 1. The van der Waals surface area contributed by atoms with E-state index in [1.807, 2.05) is 6.92 Å². The van der Waals surface area contributed by atoms with Crippen molar-refractivity contribution in [3.8, 4) is 0 Å². The Labute approximate surface area is 114 Å². The van der Waals surface area contributed by atoms with Gasteiger partial charge in [0.15, 0.2) is 0 Å². The Morgan fingerprint density at radius 1 is 1.33 bits per heavy atom. The summed E-state index contributed by atoms with van der Waals surface area (Å²) < 4.78 is 5.52. The number of rotatable bonds is 6. The van der Waals surface area contributed by atoms with Gasteiger partial charge in [0.2, 0.25) is 0 Å². The summed E-state index contributed by atoms with van der Waals surface area (Å²) in [5, 5.41) is 3.68. The van der Waals surface area contributed by atoms with Crippen LogP contribution in [0.3, 0.4) is 0 Å². The van der Waals surface area contributed by atoms with Crippen LogP contribution in [0.4, 0.5) is 0 Å². The van der Waals surface area contributed by atoms with Gasteiger partial charge in [-0.2, -0.15) is 11.8 Å². The Hall–Kier alpha value is -0.510. The molecular weight excluding hydrogens is 242 g/mol. The highest BCUT2D eigenvalue weighted by molar-refractivity contribution is 7.99. The summed E-state index contributed by atoms with van der Waals surface area (Å²) in [6, 6.07) is 9.26. The molecule has 1 aromatic carbocycles. The van der Waals surface area contributed by atoms with E-state index in [0.29, 0.717) is 6.04 Å². The Morgan fingerprint density at radius 2 is 2.17 bits per heavy atom. The zero-order chi connectivity index (χ0) is 12.6. The fourth-order valence-corrected chi connectivity index (χ4v) is 3.35. The van der Waals surface area contributed by atoms with Crippen molar-refractivity contribution >= 4 is 11.8 Å². The van der Waals surface area contributed by atoms with E-state index in [9.17, 15) is 0 Å².